The Bertz CT molecular complexity index is 290. The smallest absolute Gasteiger partial charge is 0.329 e. The maximum atomic E-state index is 11.2. The first-order chi connectivity index (χ1) is 10.7. The van der Waals surface area contributed by atoms with E-state index < -0.39 is 12.6 Å². The molecule has 0 aromatic carbocycles. The van der Waals surface area contributed by atoms with Crippen LogP contribution in [-0.2, 0) is 28.5 Å². The summed E-state index contributed by atoms with van der Waals surface area (Å²) >= 11 is 0. The van der Waals surface area contributed by atoms with Gasteiger partial charge < -0.3 is 34.7 Å². The number of carboxylic acid groups (broad SMARTS) is 1. The highest BCUT2D eigenvalue weighted by Gasteiger charge is 2.02. The number of carbonyl (C=O) groups excluding carboxylic acids is 1. The Morgan fingerprint density at radius 3 is 1.91 bits per heavy atom. The minimum atomic E-state index is -1.11. The maximum Gasteiger partial charge on any atom is 0.329 e. The van der Waals surface area contributed by atoms with Crippen LogP contribution in [0.25, 0.3) is 0 Å². The fourth-order valence-corrected chi connectivity index (χ4v) is 1.26. The molecule has 0 aromatic rings. The van der Waals surface area contributed by atoms with Crippen molar-refractivity contribution in [2.24, 2.45) is 0 Å². The summed E-state index contributed by atoms with van der Waals surface area (Å²) in [6.07, 6.45) is 0. The number of ether oxygens (including phenoxy) is 4. The molecule has 1 amide bonds. The minimum Gasteiger partial charge on any atom is -0.480 e. The monoisotopic (exact) mass is 322 g/mol. The van der Waals surface area contributed by atoms with Crippen molar-refractivity contribution >= 4 is 11.9 Å². The lowest BCUT2D eigenvalue weighted by Gasteiger charge is -2.07. The fraction of sp³-hybridized carbons (Fsp3) is 0.846. The van der Waals surface area contributed by atoms with Gasteiger partial charge in [0, 0.05) is 13.1 Å². The molecule has 0 aromatic heterocycles. The average molecular weight is 322 g/mol. The molecule has 130 valence electrons. The Morgan fingerprint density at radius 1 is 0.818 bits per heavy atom. The van der Waals surface area contributed by atoms with Gasteiger partial charge in [0.1, 0.15) is 13.2 Å². The van der Waals surface area contributed by atoms with E-state index in [1.54, 1.807) is 0 Å². The van der Waals surface area contributed by atoms with E-state index in [0.29, 0.717) is 46.2 Å². The molecular weight excluding hydrogens is 296 g/mol. The van der Waals surface area contributed by atoms with Gasteiger partial charge in [-0.2, -0.15) is 0 Å². The lowest BCUT2D eigenvalue weighted by atomic mass is 10.6. The molecule has 0 saturated carbocycles. The van der Waals surface area contributed by atoms with Gasteiger partial charge in [0.15, 0.2) is 0 Å². The zero-order valence-electron chi connectivity index (χ0n) is 13.0. The molecule has 0 aliphatic carbocycles. The van der Waals surface area contributed by atoms with E-state index in [9.17, 15) is 9.59 Å². The fourth-order valence-electron chi connectivity index (χ4n) is 1.26. The van der Waals surface area contributed by atoms with Gasteiger partial charge in [0.2, 0.25) is 5.91 Å². The standard InChI is InChI=1S/C13H26N2O7/c1-14-2-4-19-6-8-21-9-7-20-5-3-15-12(16)10-22-11-13(17)18/h14H,2-11H2,1H3,(H,15,16)(H,17,18). The molecule has 0 rings (SSSR count). The van der Waals surface area contributed by atoms with Crippen molar-refractivity contribution < 1.29 is 33.6 Å². The number of likely N-dealkylation sites (N-methyl/N-ethyl adjacent to an activating group) is 1. The first kappa shape index (κ1) is 20.7. The first-order valence-electron chi connectivity index (χ1n) is 7.11. The summed E-state index contributed by atoms with van der Waals surface area (Å²) in [5.74, 6) is -1.48. The molecule has 0 aliphatic rings. The van der Waals surface area contributed by atoms with Gasteiger partial charge in [-0.05, 0) is 7.05 Å². The highest BCUT2D eigenvalue weighted by molar-refractivity contribution is 5.77. The van der Waals surface area contributed by atoms with E-state index in [0.717, 1.165) is 6.54 Å². The third-order valence-electron chi connectivity index (χ3n) is 2.27. The quantitative estimate of drug-likeness (QED) is 0.293. The number of amides is 1. The Kier molecular flexibility index (Phi) is 15.2. The second-order valence-electron chi connectivity index (χ2n) is 4.18. The summed E-state index contributed by atoms with van der Waals surface area (Å²) in [5, 5.41) is 13.8. The van der Waals surface area contributed by atoms with E-state index in [-0.39, 0.29) is 12.5 Å². The van der Waals surface area contributed by atoms with Crippen LogP contribution in [0, 0.1) is 0 Å². The van der Waals surface area contributed by atoms with Crippen molar-refractivity contribution in [3.63, 3.8) is 0 Å². The van der Waals surface area contributed by atoms with Crippen LogP contribution in [0.15, 0.2) is 0 Å². The summed E-state index contributed by atoms with van der Waals surface area (Å²) in [6.45, 7) is 3.37. The van der Waals surface area contributed by atoms with Crippen LogP contribution in [-0.4, -0.2) is 90.0 Å². The van der Waals surface area contributed by atoms with Crippen LogP contribution in [0.4, 0.5) is 0 Å². The normalized spacial score (nSPS) is 10.6. The number of hydrogen-bond donors (Lipinski definition) is 3. The van der Waals surface area contributed by atoms with Crippen molar-refractivity contribution in [3.8, 4) is 0 Å². The number of carbonyl (C=O) groups is 2. The van der Waals surface area contributed by atoms with Crippen LogP contribution >= 0.6 is 0 Å². The van der Waals surface area contributed by atoms with Crippen molar-refractivity contribution in [3.05, 3.63) is 0 Å². The molecule has 0 fully saturated rings. The molecule has 0 heterocycles. The highest BCUT2D eigenvalue weighted by Crippen LogP contribution is 1.81. The van der Waals surface area contributed by atoms with E-state index in [4.69, 9.17) is 19.3 Å². The predicted molar refractivity (Wildman–Crippen MR) is 77.8 cm³/mol. The van der Waals surface area contributed by atoms with E-state index >= 15 is 0 Å². The second-order valence-corrected chi connectivity index (χ2v) is 4.18. The Labute approximate surface area is 130 Å². The van der Waals surface area contributed by atoms with E-state index in [1.807, 2.05) is 7.05 Å². The summed E-state index contributed by atoms with van der Waals surface area (Å²) in [4.78, 5) is 21.3. The molecule has 0 atom stereocenters. The van der Waals surface area contributed by atoms with Crippen LogP contribution in [0.3, 0.4) is 0 Å². The molecule has 9 nitrogen and oxygen atoms in total. The average Bonchev–Trinajstić information content (AvgIpc) is 2.48. The van der Waals surface area contributed by atoms with Gasteiger partial charge in [-0.3, -0.25) is 4.79 Å². The first-order valence-corrected chi connectivity index (χ1v) is 7.11. The van der Waals surface area contributed by atoms with Gasteiger partial charge in [-0.25, -0.2) is 4.79 Å². The topological polar surface area (TPSA) is 115 Å². The molecule has 0 radical (unpaired) electrons. The molecule has 22 heavy (non-hydrogen) atoms. The molecule has 9 heteroatoms. The minimum absolute atomic E-state index is 0.275. The lowest BCUT2D eigenvalue weighted by Crippen LogP contribution is -2.31. The van der Waals surface area contributed by atoms with Crippen LogP contribution in [0.2, 0.25) is 0 Å². The number of hydrogen-bond acceptors (Lipinski definition) is 7. The van der Waals surface area contributed by atoms with Crippen molar-refractivity contribution in [2.45, 2.75) is 0 Å². The summed E-state index contributed by atoms with van der Waals surface area (Å²) in [5.41, 5.74) is 0. The van der Waals surface area contributed by atoms with Gasteiger partial charge in [-0.1, -0.05) is 0 Å². The van der Waals surface area contributed by atoms with Gasteiger partial charge >= 0.3 is 5.97 Å². The summed E-state index contributed by atoms with van der Waals surface area (Å²) in [7, 11) is 1.86. The van der Waals surface area contributed by atoms with Crippen LogP contribution in [0.5, 0.6) is 0 Å². The van der Waals surface area contributed by atoms with Crippen molar-refractivity contribution in [1.82, 2.24) is 10.6 Å². The van der Waals surface area contributed by atoms with Crippen molar-refractivity contribution in [2.75, 3.05) is 73.0 Å². The molecule has 0 unspecified atom stereocenters. The third kappa shape index (κ3) is 16.8. The van der Waals surface area contributed by atoms with Gasteiger partial charge in [0.05, 0.1) is 39.6 Å². The maximum absolute atomic E-state index is 11.2. The molecule has 0 spiro atoms. The Balaban J connectivity index is 3.13. The largest absolute Gasteiger partial charge is 0.480 e. The zero-order chi connectivity index (χ0) is 16.5. The molecule has 0 aliphatic heterocycles. The number of rotatable bonds is 16. The van der Waals surface area contributed by atoms with Crippen LogP contribution in [0.1, 0.15) is 0 Å². The predicted octanol–water partition coefficient (Wildman–Crippen LogP) is -1.53. The SMILES string of the molecule is CNCCOCCOCCOCCNC(=O)COCC(=O)O. The Hall–Kier alpha value is -1.26. The molecular formula is C13H26N2O7. The van der Waals surface area contributed by atoms with Gasteiger partial charge in [-0.15, -0.1) is 0 Å². The number of aliphatic carboxylic acids is 1. The molecule has 0 saturated heterocycles. The Morgan fingerprint density at radius 2 is 1.36 bits per heavy atom. The lowest BCUT2D eigenvalue weighted by molar-refractivity contribution is -0.143. The third-order valence-corrected chi connectivity index (χ3v) is 2.27. The second kappa shape index (κ2) is 16.1. The van der Waals surface area contributed by atoms with Crippen LogP contribution < -0.4 is 10.6 Å². The summed E-state index contributed by atoms with van der Waals surface area (Å²) < 4.78 is 20.4. The van der Waals surface area contributed by atoms with Gasteiger partial charge in [0.25, 0.3) is 0 Å². The van der Waals surface area contributed by atoms with Crippen molar-refractivity contribution in [1.29, 1.82) is 0 Å². The van der Waals surface area contributed by atoms with E-state index in [2.05, 4.69) is 15.4 Å². The zero-order valence-corrected chi connectivity index (χ0v) is 13.0. The summed E-state index contributed by atoms with van der Waals surface area (Å²) in [6, 6.07) is 0. The number of nitrogens with one attached hydrogen (secondary N) is 2. The molecule has 3 N–H and O–H groups in total. The van der Waals surface area contributed by atoms with E-state index in [1.165, 1.54) is 0 Å². The molecule has 0 bridgehead atoms. The highest BCUT2D eigenvalue weighted by atomic mass is 16.5. The number of carboxylic acids is 1.